The molecule has 2 aliphatic rings. The van der Waals surface area contributed by atoms with Crippen LogP contribution in [0.5, 0.6) is 0 Å². The van der Waals surface area contributed by atoms with Gasteiger partial charge < -0.3 is 14.2 Å². The van der Waals surface area contributed by atoms with Gasteiger partial charge in [-0.05, 0) is 19.4 Å². The SMILES string of the molecule is CCOC(=O)C1=C(C(=O)OC)C2(CC)C=CC1O2. The van der Waals surface area contributed by atoms with Crippen molar-refractivity contribution in [2.75, 3.05) is 13.7 Å². The first-order chi connectivity index (χ1) is 8.59. The minimum absolute atomic E-state index is 0.256. The van der Waals surface area contributed by atoms with Crippen molar-refractivity contribution in [1.82, 2.24) is 0 Å². The Morgan fingerprint density at radius 1 is 1.39 bits per heavy atom. The summed E-state index contributed by atoms with van der Waals surface area (Å²) in [5.74, 6) is -1.05. The van der Waals surface area contributed by atoms with Crippen molar-refractivity contribution >= 4 is 11.9 Å². The van der Waals surface area contributed by atoms with E-state index in [2.05, 4.69) is 0 Å². The van der Waals surface area contributed by atoms with Gasteiger partial charge in [0.1, 0.15) is 11.7 Å². The minimum Gasteiger partial charge on any atom is -0.466 e. The summed E-state index contributed by atoms with van der Waals surface area (Å²) in [6.45, 7) is 3.87. The predicted octanol–water partition coefficient (Wildman–Crippen LogP) is 1.14. The molecule has 0 saturated heterocycles. The van der Waals surface area contributed by atoms with Gasteiger partial charge in [-0.3, -0.25) is 0 Å². The minimum atomic E-state index is -0.833. The quantitative estimate of drug-likeness (QED) is 0.554. The second-order valence-electron chi connectivity index (χ2n) is 4.14. The molecule has 2 heterocycles. The Morgan fingerprint density at radius 3 is 2.67 bits per heavy atom. The van der Waals surface area contributed by atoms with Crippen LogP contribution in [0.1, 0.15) is 20.3 Å². The average molecular weight is 252 g/mol. The molecule has 18 heavy (non-hydrogen) atoms. The molecule has 0 amide bonds. The summed E-state index contributed by atoms with van der Waals surface area (Å²) >= 11 is 0. The molecule has 0 aromatic rings. The van der Waals surface area contributed by atoms with E-state index < -0.39 is 23.6 Å². The molecule has 0 radical (unpaired) electrons. The fourth-order valence-electron chi connectivity index (χ4n) is 2.41. The molecule has 0 saturated carbocycles. The summed E-state index contributed by atoms with van der Waals surface area (Å²) in [7, 11) is 1.29. The highest BCUT2D eigenvalue weighted by molar-refractivity contribution is 6.05. The monoisotopic (exact) mass is 252 g/mol. The Hall–Kier alpha value is -1.62. The van der Waals surface area contributed by atoms with E-state index in [4.69, 9.17) is 14.2 Å². The number of ether oxygens (including phenoxy) is 3. The standard InChI is InChI=1S/C13H16O5/c1-4-13-7-6-8(18-13)9(11(14)17-5-2)10(13)12(15)16-3/h6-8H,4-5H2,1-3H3. The largest absolute Gasteiger partial charge is 0.466 e. The zero-order valence-electron chi connectivity index (χ0n) is 10.7. The van der Waals surface area contributed by atoms with E-state index in [0.29, 0.717) is 6.42 Å². The highest BCUT2D eigenvalue weighted by atomic mass is 16.6. The lowest BCUT2D eigenvalue weighted by Gasteiger charge is -2.23. The van der Waals surface area contributed by atoms with Crippen LogP contribution in [0, 0.1) is 0 Å². The van der Waals surface area contributed by atoms with Gasteiger partial charge in [-0.15, -0.1) is 0 Å². The van der Waals surface area contributed by atoms with Crippen molar-refractivity contribution in [2.45, 2.75) is 32.0 Å². The smallest absolute Gasteiger partial charge is 0.337 e. The van der Waals surface area contributed by atoms with Crippen LogP contribution in [0.25, 0.3) is 0 Å². The molecule has 2 atom stereocenters. The van der Waals surface area contributed by atoms with Crippen molar-refractivity contribution in [3.63, 3.8) is 0 Å². The van der Waals surface area contributed by atoms with Crippen LogP contribution >= 0.6 is 0 Å². The number of hydrogen-bond donors (Lipinski definition) is 0. The number of methoxy groups -OCH3 is 1. The number of fused-ring (bicyclic) bond motifs is 2. The zero-order chi connectivity index (χ0) is 13.3. The van der Waals surface area contributed by atoms with E-state index in [1.54, 1.807) is 13.0 Å². The summed E-state index contributed by atoms with van der Waals surface area (Å²) in [4.78, 5) is 23.8. The van der Waals surface area contributed by atoms with Crippen LogP contribution in [0.15, 0.2) is 23.3 Å². The van der Waals surface area contributed by atoms with Crippen molar-refractivity contribution < 1.29 is 23.8 Å². The van der Waals surface area contributed by atoms with Crippen molar-refractivity contribution in [1.29, 1.82) is 0 Å². The van der Waals surface area contributed by atoms with E-state index in [1.807, 2.05) is 13.0 Å². The topological polar surface area (TPSA) is 61.8 Å². The third-order valence-electron chi connectivity index (χ3n) is 3.26. The molecule has 0 fully saturated rings. The number of carbonyl (C=O) groups excluding carboxylic acids is 2. The lowest BCUT2D eigenvalue weighted by atomic mass is 9.85. The number of carbonyl (C=O) groups is 2. The fourth-order valence-corrected chi connectivity index (χ4v) is 2.41. The second-order valence-corrected chi connectivity index (χ2v) is 4.14. The highest BCUT2D eigenvalue weighted by Crippen LogP contribution is 2.45. The van der Waals surface area contributed by atoms with Gasteiger partial charge in [0, 0.05) is 0 Å². The highest BCUT2D eigenvalue weighted by Gasteiger charge is 2.53. The van der Waals surface area contributed by atoms with E-state index in [1.165, 1.54) is 7.11 Å². The van der Waals surface area contributed by atoms with Gasteiger partial charge in [0.25, 0.3) is 0 Å². The molecule has 0 aromatic heterocycles. The zero-order valence-corrected chi connectivity index (χ0v) is 10.7. The molecule has 0 N–H and O–H groups in total. The predicted molar refractivity (Wildman–Crippen MR) is 62.7 cm³/mol. The van der Waals surface area contributed by atoms with E-state index in [-0.39, 0.29) is 17.8 Å². The Bertz CT molecular complexity index is 448. The van der Waals surface area contributed by atoms with Gasteiger partial charge in [0.15, 0.2) is 0 Å². The summed E-state index contributed by atoms with van der Waals surface area (Å²) in [6, 6.07) is 0. The van der Waals surface area contributed by atoms with E-state index >= 15 is 0 Å². The Morgan fingerprint density at radius 2 is 2.11 bits per heavy atom. The molecule has 2 bridgehead atoms. The maximum absolute atomic E-state index is 11.9. The van der Waals surface area contributed by atoms with Crippen molar-refractivity contribution in [3.8, 4) is 0 Å². The molecular weight excluding hydrogens is 236 g/mol. The molecule has 0 spiro atoms. The Kier molecular flexibility index (Phi) is 3.26. The molecule has 2 aliphatic heterocycles. The van der Waals surface area contributed by atoms with Crippen LogP contribution < -0.4 is 0 Å². The maximum atomic E-state index is 11.9. The van der Waals surface area contributed by atoms with Crippen LogP contribution in [-0.4, -0.2) is 37.4 Å². The number of hydrogen-bond acceptors (Lipinski definition) is 5. The first-order valence-electron chi connectivity index (χ1n) is 5.97. The second kappa shape index (κ2) is 4.57. The molecular formula is C13H16O5. The molecule has 5 nitrogen and oxygen atoms in total. The normalized spacial score (nSPS) is 28.7. The van der Waals surface area contributed by atoms with Crippen LogP contribution in [0.4, 0.5) is 0 Å². The van der Waals surface area contributed by atoms with Gasteiger partial charge >= 0.3 is 11.9 Å². The van der Waals surface area contributed by atoms with Gasteiger partial charge in [0.05, 0.1) is 24.9 Å². The first-order valence-corrected chi connectivity index (χ1v) is 5.97. The molecule has 2 unspecified atom stereocenters. The number of rotatable bonds is 4. The molecule has 0 aromatic carbocycles. The first kappa shape index (κ1) is 12.8. The lowest BCUT2D eigenvalue weighted by molar-refractivity contribution is -0.141. The van der Waals surface area contributed by atoms with Gasteiger partial charge in [-0.2, -0.15) is 0 Å². The van der Waals surface area contributed by atoms with Crippen LogP contribution in [0.3, 0.4) is 0 Å². The van der Waals surface area contributed by atoms with Crippen molar-refractivity contribution in [2.24, 2.45) is 0 Å². The van der Waals surface area contributed by atoms with Crippen LogP contribution in [-0.2, 0) is 23.8 Å². The van der Waals surface area contributed by atoms with E-state index in [9.17, 15) is 9.59 Å². The summed E-state index contributed by atoms with van der Waals surface area (Å²) in [6.07, 6.45) is 3.65. The molecule has 98 valence electrons. The van der Waals surface area contributed by atoms with Gasteiger partial charge in [-0.25, -0.2) is 9.59 Å². The maximum Gasteiger partial charge on any atom is 0.337 e. The average Bonchev–Trinajstić information content (AvgIpc) is 2.94. The van der Waals surface area contributed by atoms with Gasteiger partial charge in [0.2, 0.25) is 0 Å². The fraction of sp³-hybridized carbons (Fsp3) is 0.538. The number of esters is 2. The van der Waals surface area contributed by atoms with Crippen molar-refractivity contribution in [3.05, 3.63) is 23.3 Å². The molecule has 2 rings (SSSR count). The Balaban J connectivity index is 2.47. The summed E-state index contributed by atoms with van der Waals surface area (Å²) in [5, 5.41) is 0. The summed E-state index contributed by atoms with van der Waals surface area (Å²) in [5.41, 5.74) is -0.286. The molecule has 5 heteroatoms. The third-order valence-corrected chi connectivity index (χ3v) is 3.26. The van der Waals surface area contributed by atoms with Gasteiger partial charge in [-0.1, -0.05) is 13.0 Å². The Labute approximate surface area is 105 Å². The summed E-state index contributed by atoms with van der Waals surface area (Å²) < 4.78 is 15.5. The third kappa shape index (κ3) is 1.66. The van der Waals surface area contributed by atoms with Crippen LogP contribution in [0.2, 0.25) is 0 Å². The lowest BCUT2D eigenvalue weighted by Crippen LogP contribution is -2.31. The molecule has 0 aliphatic carbocycles. The van der Waals surface area contributed by atoms with E-state index in [0.717, 1.165) is 0 Å².